The Morgan fingerprint density at radius 3 is 2.46 bits per heavy atom. The molecule has 3 heteroatoms. The van der Waals surface area contributed by atoms with Crippen molar-refractivity contribution in [3.8, 4) is 23.0 Å². The Morgan fingerprint density at radius 1 is 0.917 bits per heavy atom. The Bertz CT molecular complexity index is 679. The number of unbranched alkanes of at least 4 members (excludes halogenated alkanes) is 5. The highest BCUT2D eigenvalue weighted by molar-refractivity contribution is 5.53. The molecule has 1 N–H and O–H groups in total. The number of benzene rings is 2. The van der Waals surface area contributed by atoms with Crippen LogP contribution < -0.4 is 9.47 Å². The average molecular weight is 326 g/mol. The lowest BCUT2D eigenvalue weighted by Gasteiger charge is -2.21. The zero-order chi connectivity index (χ0) is 16.8. The zero-order valence-electron chi connectivity index (χ0n) is 14.4. The summed E-state index contributed by atoms with van der Waals surface area (Å²) in [7, 11) is 0. The highest BCUT2D eigenvalue weighted by Crippen LogP contribution is 2.39. The van der Waals surface area contributed by atoms with Crippen LogP contribution in [0.3, 0.4) is 0 Å². The first-order valence-corrected chi connectivity index (χ1v) is 9.01. The van der Waals surface area contributed by atoms with E-state index in [0.29, 0.717) is 0 Å². The Labute approximate surface area is 144 Å². The summed E-state index contributed by atoms with van der Waals surface area (Å²) < 4.78 is 11.8. The second-order valence-corrected chi connectivity index (χ2v) is 6.46. The van der Waals surface area contributed by atoms with Gasteiger partial charge in [-0.1, -0.05) is 51.2 Å². The first-order valence-electron chi connectivity index (χ1n) is 9.01. The number of phenolic OH excluding ortho intramolecular Hbond substituents is 1. The standard InChI is InChI=1S/C21H26O3/c1-2-3-4-5-6-7-12-23-19-11-9-17-13-16-8-10-18(22)14-20(16)24-21(17)15-19/h8-11,14-15,22H,2-7,12-13H2,1H3. The minimum absolute atomic E-state index is 0.229. The molecule has 0 radical (unpaired) electrons. The van der Waals surface area contributed by atoms with E-state index in [0.717, 1.165) is 47.8 Å². The monoisotopic (exact) mass is 326 g/mol. The number of phenols is 1. The third-order valence-corrected chi connectivity index (χ3v) is 4.46. The van der Waals surface area contributed by atoms with Gasteiger partial charge in [0.2, 0.25) is 0 Å². The molecule has 2 aromatic rings. The lowest BCUT2D eigenvalue weighted by Crippen LogP contribution is -2.04. The summed E-state index contributed by atoms with van der Waals surface area (Å²) in [6, 6.07) is 11.3. The lowest BCUT2D eigenvalue weighted by molar-refractivity contribution is 0.302. The smallest absolute Gasteiger partial charge is 0.134 e. The van der Waals surface area contributed by atoms with Gasteiger partial charge in [-0.25, -0.2) is 0 Å². The van der Waals surface area contributed by atoms with Crippen LogP contribution in [0, 0.1) is 0 Å². The van der Waals surface area contributed by atoms with E-state index >= 15 is 0 Å². The van der Waals surface area contributed by atoms with E-state index in [1.807, 2.05) is 18.2 Å². The highest BCUT2D eigenvalue weighted by atomic mass is 16.5. The maximum atomic E-state index is 9.61. The molecule has 0 fully saturated rings. The number of hydrogen-bond acceptors (Lipinski definition) is 3. The van der Waals surface area contributed by atoms with Gasteiger partial charge < -0.3 is 14.6 Å². The van der Waals surface area contributed by atoms with Crippen molar-refractivity contribution in [2.24, 2.45) is 0 Å². The first-order chi connectivity index (χ1) is 11.8. The van der Waals surface area contributed by atoms with Gasteiger partial charge in [0.15, 0.2) is 0 Å². The van der Waals surface area contributed by atoms with Crippen LogP contribution in [-0.2, 0) is 6.42 Å². The molecule has 0 unspecified atom stereocenters. The number of hydrogen-bond donors (Lipinski definition) is 1. The predicted molar refractivity (Wildman–Crippen MR) is 96.3 cm³/mol. The molecule has 2 aromatic carbocycles. The van der Waals surface area contributed by atoms with Crippen molar-refractivity contribution in [2.45, 2.75) is 51.9 Å². The largest absolute Gasteiger partial charge is 0.508 e. The first kappa shape index (κ1) is 16.7. The predicted octanol–water partition coefficient (Wildman–Crippen LogP) is 5.83. The molecule has 1 aliphatic heterocycles. The fraction of sp³-hybridized carbons (Fsp3) is 0.429. The number of rotatable bonds is 8. The summed E-state index contributed by atoms with van der Waals surface area (Å²) in [4.78, 5) is 0. The van der Waals surface area contributed by atoms with E-state index in [9.17, 15) is 5.11 Å². The van der Waals surface area contributed by atoms with Crippen LogP contribution in [0.4, 0.5) is 0 Å². The van der Waals surface area contributed by atoms with Gasteiger partial charge in [0.25, 0.3) is 0 Å². The SMILES string of the molecule is CCCCCCCCOc1ccc2c(c1)Oc1cc(O)ccc1C2. The van der Waals surface area contributed by atoms with Crippen molar-refractivity contribution in [3.05, 3.63) is 47.5 Å². The molecule has 3 rings (SSSR count). The zero-order valence-corrected chi connectivity index (χ0v) is 14.4. The minimum atomic E-state index is 0.229. The number of aromatic hydroxyl groups is 1. The second-order valence-electron chi connectivity index (χ2n) is 6.46. The van der Waals surface area contributed by atoms with Gasteiger partial charge in [-0.2, -0.15) is 0 Å². The van der Waals surface area contributed by atoms with E-state index in [1.54, 1.807) is 12.1 Å². The van der Waals surface area contributed by atoms with Crippen molar-refractivity contribution in [3.63, 3.8) is 0 Å². The van der Waals surface area contributed by atoms with Crippen LogP contribution in [0.1, 0.15) is 56.6 Å². The van der Waals surface area contributed by atoms with E-state index in [-0.39, 0.29) is 5.75 Å². The molecule has 1 heterocycles. The summed E-state index contributed by atoms with van der Waals surface area (Å²) in [6.45, 7) is 2.99. The second kappa shape index (κ2) is 8.09. The molecule has 128 valence electrons. The Balaban J connectivity index is 1.53. The molecule has 0 atom stereocenters. The molecule has 0 saturated carbocycles. The van der Waals surface area contributed by atoms with Crippen LogP contribution in [-0.4, -0.2) is 11.7 Å². The summed E-state index contributed by atoms with van der Waals surface area (Å²) in [5, 5.41) is 9.61. The van der Waals surface area contributed by atoms with Crippen LogP contribution in [0.2, 0.25) is 0 Å². The van der Waals surface area contributed by atoms with Crippen LogP contribution in [0.5, 0.6) is 23.0 Å². The molecule has 24 heavy (non-hydrogen) atoms. The summed E-state index contributed by atoms with van der Waals surface area (Å²) in [6.07, 6.45) is 8.39. The molecule has 0 amide bonds. The molecule has 0 spiro atoms. The van der Waals surface area contributed by atoms with Crippen molar-refractivity contribution in [1.29, 1.82) is 0 Å². The third-order valence-electron chi connectivity index (χ3n) is 4.46. The van der Waals surface area contributed by atoms with Gasteiger partial charge in [0, 0.05) is 18.6 Å². The van der Waals surface area contributed by atoms with E-state index in [1.165, 1.54) is 32.1 Å². The summed E-state index contributed by atoms with van der Waals surface area (Å²) in [5.41, 5.74) is 2.25. The minimum Gasteiger partial charge on any atom is -0.508 e. The molecule has 1 aliphatic rings. The van der Waals surface area contributed by atoms with E-state index in [2.05, 4.69) is 13.0 Å². The Kier molecular flexibility index (Phi) is 5.63. The maximum absolute atomic E-state index is 9.61. The van der Waals surface area contributed by atoms with Gasteiger partial charge in [0.05, 0.1) is 6.61 Å². The van der Waals surface area contributed by atoms with Crippen molar-refractivity contribution >= 4 is 0 Å². The van der Waals surface area contributed by atoms with Crippen LogP contribution >= 0.6 is 0 Å². The normalized spacial score (nSPS) is 12.2. The molecule has 0 saturated heterocycles. The van der Waals surface area contributed by atoms with Crippen LogP contribution in [0.15, 0.2) is 36.4 Å². The molecule has 0 aromatic heterocycles. The Morgan fingerprint density at radius 2 is 1.62 bits per heavy atom. The number of fused-ring (bicyclic) bond motifs is 2. The maximum Gasteiger partial charge on any atom is 0.134 e. The van der Waals surface area contributed by atoms with Gasteiger partial charge >= 0.3 is 0 Å². The quantitative estimate of drug-likeness (QED) is 0.529. The molecule has 3 nitrogen and oxygen atoms in total. The fourth-order valence-electron chi connectivity index (χ4n) is 3.05. The van der Waals surface area contributed by atoms with Crippen molar-refractivity contribution in [2.75, 3.05) is 6.61 Å². The van der Waals surface area contributed by atoms with Crippen molar-refractivity contribution < 1.29 is 14.6 Å². The lowest BCUT2D eigenvalue weighted by atomic mass is 10.00. The Hall–Kier alpha value is -2.16. The highest BCUT2D eigenvalue weighted by Gasteiger charge is 2.18. The van der Waals surface area contributed by atoms with E-state index in [4.69, 9.17) is 9.47 Å². The molecular weight excluding hydrogens is 300 g/mol. The fourth-order valence-corrected chi connectivity index (χ4v) is 3.05. The van der Waals surface area contributed by atoms with Gasteiger partial charge in [-0.05, 0) is 29.7 Å². The number of ether oxygens (including phenoxy) is 2. The van der Waals surface area contributed by atoms with Gasteiger partial charge in [0.1, 0.15) is 23.0 Å². The molecule has 0 bridgehead atoms. The topological polar surface area (TPSA) is 38.7 Å². The van der Waals surface area contributed by atoms with Crippen LogP contribution in [0.25, 0.3) is 0 Å². The summed E-state index contributed by atoms with van der Waals surface area (Å²) >= 11 is 0. The molecular formula is C21H26O3. The molecule has 0 aliphatic carbocycles. The third kappa shape index (κ3) is 4.22. The average Bonchev–Trinajstić information content (AvgIpc) is 2.59. The van der Waals surface area contributed by atoms with Crippen molar-refractivity contribution in [1.82, 2.24) is 0 Å². The van der Waals surface area contributed by atoms with Gasteiger partial charge in [-0.3, -0.25) is 0 Å². The summed E-state index contributed by atoms with van der Waals surface area (Å²) in [5.74, 6) is 2.64. The van der Waals surface area contributed by atoms with E-state index < -0.39 is 0 Å². The van der Waals surface area contributed by atoms with Gasteiger partial charge in [-0.15, -0.1) is 0 Å².